The van der Waals surface area contributed by atoms with Gasteiger partial charge in [0.1, 0.15) is 23.0 Å². The van der Waals surface area contributed by atoms with Gasteiger partial charge in [-0.2, -0.15) is 26.3 Å². The third-order valence-electron chi connectivity index (χ3n) is 11.6. The summed E-state index contributed by atoms with van der Waals surface area (Å²) in [7, 11) is 6.24. The van der Waals surface area contributed by atoms with E-state index in [-0.39, 0.29) is 11.1 Å². The van der Waals surface area contributed by atoms with E-state index in [0.29, 0.717) is 56.6 Å². The van der Waals surface area contributed by atoms with Crippen LogP contribution >= 0.6 is 0 Å². The quantitative estimate of drug-likeness (QED) is 0.143. The highest BCUT2D eigenvalue weighted by Gasteiger charge is 2.34. The minimum absolute atomic E-state index is 0.284. The zero-order valence-corrected chi connectivity index (χ0v) is 34.3. The molecule has 0 aliphatic carbocycles. The van der Waals surface area contributed by atoms with Gasteiger partial charge in [-0.05, 0) is 145 Å². The lowest BCUT2D eigenvalue weighted by molar-refractivity contribution is -0.138. The van der Waals surface area contributed by atoms with Crippen LogP contribution in [-0.2, 0) is 12.4 Å². The van der Waals surface area contributed by atoms with E-state index in [1.165, 1.54) is 12.1 Å². The maximum absolute atomic E-state index is 14.6. The van der Waals surface area contributed by atoms with Gasteiger partial charge < -0.3 is 28.1 Å². The van der Waals surface area contributed by atoms with Crippen molar-refractivity contribution in [3.63, 3.8) is 0 Å². The smallest absolute Gasteiger partial charge is 0.416 e. The van der Waals surface area contributed by atoms with Gasteiger partial charge in [0.25, 0.3) is 0 Å². The second kappa shape index (κ2) is 14.8. The van der Waals surface area contributed by atoms with Gasteiger partial charge in [0.2, 0.25) is 0 Å². The van der Waals surface area contributed by atoms with Crippen molar-refractivity contribution in [2.45, 2.75) is 26.2 Å². The molecule has 62 heavy (non-hydrogen) atoms. The number of halogens is 6. The molecule has 0 spiro atoms. The molecule has 2 aromatic heterocycles. The number of nitrogens with zero attached hydrogens (tertiary/aromatic N) is 2. The Morgan fingerprint density at radius 1 is 0.355 bits per heavy atom. The number of hydrogen-bond acceptors (Lipinski definition) is 4. The number of alkyl halides is 6. The molecule has 12 heteroatoms. The van der Waals surface area contributed by atoms with E-state index in [1.807, 2.05) is 57.7 Å². The van der Waals surface area contributed by atoms with Gasteiger partial charge in [0, 0.05) is 32.7 Å². The molecule has 0 aliphatic heterocycles. The minimum Gasteiger partial charge on any atom is -0.497 e. The highest BCUT2D eigenvalue weighted by Crippen LogP contribution is 2.46. The van der Waals surface area contributed by atoms with Crippen LogP contribution < -0.4 is 18.9 Å². The number of fused-ring (bicyclic) bond motifs is 6. The maximum atomic E-state index is 14.6. The van der Waals surface area contributed by atoms with Crippen molar-refractivity contribution in [2.75, 3.05) is 28.4 Å². The predicted octanol–water partition coefficient (Wildman–Crippen LogP) is 13.9. The molecule has 6 nitrogen and oxygen atoms in total. The third-order valence-corrected chi connectivity index (χ3v) is 11.6. The zero-order valence-electron chi connectivity index (χ0n) is 34.3. The van der Waals surface area contributed by atoms with E-state index >= 15 is 0 Å². The van der Waals surface area contributed by atoms with Crippen molar-refractivity contribution in [2.24, 2.45) is 0 Å². The number of methoxy groups -OCH3 is 4. The highest BCUT2D eigenvalue weighted by atomic mass is 19.4. The van der Waals surface area contributed by atoms with E-state index in [1.54, 1.807) is 78.7 Å². The first-order valence-electron chi connectivity index (χ1n) is 19.5. The van der Waals surface area contributed by atoms with Crippen LogP contribution in [0.25, 0.3) is 77.2 Å². The van der Waals surface area contributed by atoms with Crippen LogP contribution in [0, 0.1) is 13.8 Å². The van der Waals surface area contributed by atoms with Gasteiger partial charge in [0.15, 0.2) is 0 Å². The molecule has 0 bridgehead atoms. The lowest BCUT2D eigenvalue weighted by atomic mass is 9.89. The molecule has 0 atom stereocenters. The van der Waals surface area contributed by atoms with Crippen LogP contribution in [0.5, 0.6) is 23.0 Å². The second-order valence-corrected chi connectivity index (χ2v) is 15.1. The fraction of sp³-hybridized carbons (Fsp3) is 0.160. The van der Waals surface area contributed by atoms with Crippen molar-refractivity contribution in [3.05, 3.63) is 144 Å². The lowest BCUT2D eigenvalue weighted by Gasteiger charge is -2.21. The molecular weight excluding hydrogens is 807 g/mol. The average Bonchev–Trinajstić information content (AvgIpc) is 3.76. The molecule has 9 aromatic rings. The summed E-state index contributed by atoms with van der Waals surface area (Å²) in [5, 5.41) is 3.19. The summed E-state index contributed by atoms with van der Waals surface area (Å²) in [6.45, 7) is 3.52. The van der Waals surface area contributed by atoms with E-state index in [2.05, 4.69) is 0 Å². The Morgan fingerprint density at radius 3 is 0.903 bits per heavy atom. The van der Waals surface area contributed by atoms with Crippen LogP contribution in [0.2, 0.25) is 0 Å². The lowest BCUT2D eigenvalue weighted by Crippen LogP contribution is -2.08. The van der Waals surface area contributed by atoms with Crippen LogP contribution in [0.1, 0.15) is 22.3 Å². The molecule has 0 saturated heterocycles. The Balaban J connectivity index is 1.31. The van der Waals surface area contributed by atoms with Gasteiger partial charge in [-0.1, -0.05) is 12.1 Å². The molecule has 9 rings (SSSR count). The Morgan fingerprint density at radius 2 is 0.645 bits per heavy atom. The fourth-order valence-electron chi connectivity index (χ4n) is 8.63. The van der Waals surface area contributed by atoms with Crippen molar-refractivity contribution < 1.29 is 45.3 Å². The van der Waals surface area contributed by atoms with Gasteiger partial charge in [-0.3, -0.25) is 0 Å². The van der Waals surface area contributed by atoms with E-state index in [0.717, 1.165) is 67.9 Å². The number of aromatic nitrogens is 2. The summed E-state index contributed by atoms with van der Waals surface area (Å²) < 4.78 is 113. The molecule has 0 aliphatic rings. The molecule has 314 valence electrons. The Bertz CT molecular complexity index is 2910. The molecule has 0 saturated carbocycles. The second-order valence-electron chi connectivity index (χ2n) is 15.1. The Hall–Kier alpha value is -7.08. The van der Waals surface area contributed by atoms with E-state index < -0.39 is 23.5 Å². The molecular formula is C50H38F6N2O4. The number of aryl methyl sites for hydroxylation is 2. The van der Waals surface area contributed by atoms with Crippen molar-refractivity contribution in [1.82, 2.24) is 9.13 Å². The standard InChI is InChI=1S/C50H38F6N2O4/c1-27-19-36(38-22-30(50(54,55)56)8-14-44(38)58-47-17-11-33(61-5)25-41(47)42-26-34(62-6)12-18-48(42)58)28(2)20-35(27)37-21-29(49(51,52)53)7-13-43(37)57-45-15-9-31(59-3)23-39(45)40-24-32(60-4)10-16-46(40)57/h7-26H,1-6H3. The molecule has 2 heterocycles. The monoisotopic (exact) mass is 844 g/mol. The first-order valence-corrected chi connectivity index (χ1v) is 19.5. The molecule has 0 N–H and O–H groups in total. The first kappa shape index (κ1) is 40.3. The average molecular weight is 845 g/mol. The van der Waals surface area contributed by atoms with Crippen LogP contribution in [0.4, 0.5) is 26.3 Å². The number of ether oxygens (including phenoxy) is 4. The molecule has 0 radical (unpaired) electrons. The summed E-state index contributed by atoms with van der Waals surface area (Å²) in [4.78, 5) is 0. The molecule has 7 aromatic carbocycles. The van der Waals surface area contributed by atoms with Crippen molar-refractivity contribution >= 4 is 43.6 Å². The number of benzene rings is 7. The summed E-state index contributed by atoms with van der Waals surface area (Å²) in [5.74, 6) is 2.40. The largest absolute Gasteiger partial charge is 0.497 e. The summed E-state index contributed by atoms with van der Waals surface area (Å²) in [6.07, 6.45) is -9.33. The van der Waals surface area contributed by atoms with Crippen LogP contribution in [0.3, 0.4) is 0 Å². The molecule has 0 amide bonds. The van der Waals surface area contributed by atoms with Crippen LogP contribution in [0.15, 0.2) is 121 Å². The molecule has 0 unspecified atom stereocenters. The van der Waals surface area contributed by atoms with Crippen molar-refractivity contribution in [3.8, 4) is 56.6 Å². The molecule has 0 fully saturated rings. The fourth-order valence-corrected chi connectivity index (χ4v) is 8.63. The summed E-state index contributed by atoms with van der Waals surface area (Å²) in [6, 6.07) is 32.9. The number of hydrogen-bond donors (Lipinski definition) is 0. The normalized spacial score (nSPS) is 12.2. The zero-order chi connectivity index (χ0) is 43.8. The first-order chi connectivity index (χ1) is 29.6. The van der Waals surface area contributed by atoms with Gasteiger partial charge in [-0.15, -0.1) is 0 Å². The van der Waals surface area contributed by atoms with Gasteiger partial charge >= 0.3 is 12.4 Å². The summed E-state index contributed by atoms with van der Waals surface area (Å²) >= 11 is 0. The SMILES string of the molecule is COc1ccc2c(c1)c1cc(OC)ccc1n2-c1ccc(C(F)(F)F)cc1-c1cc(C)c(-c2cc(C(F)(F)F)ccc2-n2c3ccc(OC)cc3c3cc(OC)ccc32)cc1C. The van der Waals surface area contributed by atoms with E-state index in [4.69, 9.17) is 18.9 Å². The summed E-state index contributed by atoms with van der Waals surface area (Å²) in [5.41, 5.74) is 4.76. The maximum Gasteiger partial charge on any atom is 0.416 e. The minimum atomic E-state index is -4.67. The Labute approximate surface area is 352 Å². The number of rotatable bonds is 8. The highest BCUT2D eigenvalue weighted by molar-refractivity contribution is 6.12. The third kappa shape index (κ3) is 6.61. The van der Waals surface area contributed by atoms with Crippen molar-refractivity contribution in [1.29, 1.82) is 0 Å². The van der Waals surface area contributed by atoms with Gasteiger partial charge in [-0.25, -0.2) is 0 Å². The Kier molecular flexibility index (Phi) is 9.64. The van der Waals surface area contributed by atoms with E-state index in [9.17, 15) is 26.3 Å². The van der Waals surface area contributed by atoms with Gasteiger partial charge in [0.05, 0.1) is 73.0 Å². The van der Waals surface area contributed by atoms with Crippen LogP contribution in [-0.4, -0.2) is 37.6 Å². The topological polar surface area (TPSA) is 46.8 Å². The predicted molar refractivity (Wildman–Crippen MR) is 232 cm³/mol.